The maximum atomic E-state index is 10.2. The predicted octanol–water partition coefficient (Wildman–Crippen LogP) is 3.31. The molecule has 1 N–H and O–H groups in total. The van der Waals surface area contributed by atoms with Gasteiger partial charge >= 0.3 is 0 Å². The molecule has 96 valence electrons. The molecule has 0 amide bonds. The number of rotatable bonds is 5. The number of aliphatic hydroxyl groups excluding tert-OH is 1. The van der Waals surface area contributed by atoms with Crippen molar-refractivity contribution in [2.45, 2.75) is 12.5 Å². The minimum atomic E-state index is -0.672. The minimum absolute atomic E-state index is 0.568. The third-order valence-corrected chi connectivity index (χ3v) is 3.48. The number of methoxy groups -OCH3 is 1. The van der Waals surface area contributed by atoms with Crippen LogP contribution in [-0.2, 0) is 11.2 Å². The molecular weight excluding hydrogens is 296 g/mol. The number of benzene rings is 1. The van der Waals surface area contributed by atoms with E-state index in [1.807, 2.05) is 24.3 Å². The van der Waals surface area contributed by atoms with Gasteiger partial charge in [-0.15, -0.1) is 0 Å². The van der Waals surface area contributed by atoms with E-state index in [1.165, 1.54) is 5.56 Å². The third kappa shape index (κ3) is 3.02. The first kappa shape index (κ1) is 13.3. The molecule has 1 heterocycles. The van der Waals surface area contributed by atoms with E-state index >= 15 is 0 Å². The van der Waals surface area contributed by atoms with Crippen molar-refractivity contribution >= 4 is 15.9 Å². The van der Waals surface area contributed by atoms with Crippen LogP contribution < -0.4 is 0 Å². The second-order valence-corrected chi connectivity index (χ2v) is 4.76. The van der Waals surface area contributed by atoms with Crippen LogP contribution >= 0.6 is 15.9 Å². The molecule has 0 saturated heterocycles. The molecule has 2 aromatic rings. The summed E-state index contributed by atoms with van der Waals surface area (Å²) in [6.07, 6.45) is 1.76. The van der Waals surface area contributed by atoms with E-state index in [4.69, 9.17) is 9.15 Å². The summed E-state index contributed by atoms with van der Waals surface area (Å²) in [6, 6.07) is 9.62. The summed E-state index contributed by atoms with van der Waals surface area (Å²) in [5.41, 5.74) is 2.77. The fraction of sp³-hybridized carbons (Fsp3) is 0.286. The fourth-order valence-corrected chi connectivity index (χ4v) is 2.22. The van der Waals surface area contributed by atoms with Crippen LogP contribution in [0.3, 0.4) is 0 Å². The summed E-state index contributed by atoms with van der Waals surface area (Å²) >= 11 is 3.27. The zero-order valence-corrected chi connectivity index (χ0v) is 11.7. The van der Waals surface area contributed by atoms with Gasteiger partial charge in [0, 0.05) is 12.7 Å². The summed E-state index contributed by atoms with van der Waals surface area (Å²) < 4.78 is 10.7. The lowest BCUT2D eigenvalue weighted by Gasteiger charge is -2.10. The van der Waals surface area contributed by atoms with Crippen LogP contribution in [0.4, 0.5) is 0 Å². The minimum Gasteiger partial charge on any atom is -0.457 e. The Kier molecular flexibility index (Phi) is 4.58. The van der Waals surface area contributed by atoms with Crippen molar-refractivity contribution in [1.82, 2.24) is 0 Å². The van der Waals surface area contributed by atoms with Gasteiger partial charge in [-0.05, 0) is 39.5 Å². The molecule has 3 nitrogen and oxygen atoms in total. The Labute approximate surface area is 115 Å². The van der Waals surface area contributed by atoms with E-state index in [9.17, 15) is 5.11 Å². The van der Waals surface area contributed by atoms with Crippen LogP contribution in [0, 0.1) is 0 Å². The maximum Gasteiger partial charge on any atom is 0.175 e. The molecule has 1 atom stereocenters. The summed E-state index contributed by atoms with van der Waals surface area (Å²) in [4.78, 5) is 0. The highest BCUT2D eigenvalue weighted by Crippen LogP contribution is 2.29. The van der Waals surface area contributed by atoms with Crippen molar-refractivity contribution in [3.63, 3.8) is 0 Å². The first-order valence-corrected chi connectivity index (χ1v) is 6.50. The van der Waals surface area contributed by atoms with Gasteiger partial charge in [-0.1, -0.05) is 24.3 Å². The molecule has 0 spiro atoms. The number of halogens is 1. The van der Waals surface area contributed by atoms with Gasteiger partial charge in [-0.2, -0.15) is 0 Å². The van der Waals surface area contributed by atoms with Crippen LogP contribution in [0.2, 0.25) is 0 Å². The van der Waals surface area contributed by atoms with Gasteiger partial charge < -0.3 is 14.3 Å². The zero-order chi connectivity index (χ0) is 13.0. The van der Waals surface area contributed by atoms with Gasteiger partial charge in [0.05, 0.1) is 12.9 Å². The molecule has 0 radical (unpaired) electrons. The Bertz CT molecular complexity index is 490. The van der Waals surface area contributed by atoms with E-state index in [1.54, 1.807) is 19.4 Å². The molecule has 4 heteroatoms. The summed E-state index contributed by atoms with van der Waals surface area (Å²) in [5.74, 6) is 0. The average Bonchev–Trinajstić information content (AvgIpc) is 2.82. The second kappa shape index (κ2) is 6.18. The van der Waals surface area contributed by atoms with Crippen LogP contribution in [0.1, 0.15) is 22.8 Å². The van der Waals surface area contributed by atoms with Gasteiger partial charge in [-0.3, -0.25) is 0 Å². The summed E-state index contributed by atoms with van der Waals surface area (Å²) in [7, 11) is 1.69. The van der Waals surface area contributed by atoms with Crippen molar-refractivity contribution in [3.05, 3.63) is 58.0 Å². The SMILES string of the molecule is COCCc1ccc(C(O)c2ccoc2Br)cc1. The van der Waals surface area contributed by atoms with E-state index in [0.717, 1.165) is 17.5 Å². The lowest BCUT2D eigenvalue weighted by atomic mass is 10.0. The number of ether oxygens (including phenoxy) is 1. The van der Waals surface area contributed by atoms with Crippen LogP contribution in [0.5, 0.6) is 0 Å². The summed E-state index contributed by atoms with van der Waals surface area (Å²) in [6.45, 7) is 0.704. The Morgan fingerprint density at radius 2 is 2.00 bits per heavy atom. The largest absolute Gasteiger partial charge is 0.457 e. The molecule has 1 aromatic carbocycles. The van der Waals surface area contributed by atoms with Crippen molar-refractivity contribution in [2.24, 2.45) is 0 Å². The molecule has 18 heavy (non-hydrogen) atoms. The molecule has 1 unspecified atom stereocenters. The first-order chi connectivity index (χ1) is 8.72. The second-order valence-electron chi connectivity index (χ2n) is 4.04. The lowest BCUT2D eigenvalue weighted by molar-refractivity contribution is 0.202. The van der Waals surface area contributed by atoms with Gasteiger partial charge in [0.25, 0.3) is 0 Å². The smallest absolute Gasteiger partial charge is 0.175 e. The zero-order valence-electron chi connectivity index (χ0n) is 10.1. The molecular formula is C14H15BrO3. The number of hydrogen-bond acceptors (Lipinski definition) is 3. The number of hydrogen-bond donors (Lipinski definition) is 1. The molecule has 0 bridgehead atoms. The number of furan rings is 1. The molecule has 0 aliphatic rings. The highest BCUT2D eigenvalue weighted by Gasteiger charge is 2.15. The van der Waals surface area contributed by atoms with E-state index in [-0.39, 0.29) is 0 Å². The Hall–Kier alpha value is -1.10. The monoisotopic (exact) mass is 310 g/mol. The average molecular weight is 311 g/mol. The standard InChI is InChI=1S/C14H15BrO3/c1-17-8-6-10-2-4-11(5-3-10)13(16)12-7-9-18-14(12)15/h2-5,7,9,13,16H,6,8H2,1H3. The quantitative estimate of drug-likeness (QED) is 0.921. The molecule has 1 aromatic heterocycles. The molecule has 0 aliphatic carbocycles. The molecule has 0 saturated carbocycles. The first-order valence-electron chi connectivity index (χ1n) is 5.71. The van der Waals surface area contributed by atoms with Crippen LogP contribution in [0.15, 0.2) is 45.7 Å². The highest BCUT2D eigenvalue weighted by atomic mass is 79.9. The Morgan fingerprint density at radius 1 is 1.28 bits per heavy atom. The van der Waals surface area contributed by atoms with Crippen molar-refractivity contribution in [3.8, 4) is 0 Å². The maximum absolute atomic E-state index is 10.2. The third-order valence-electron chi connectivity index (χ3n) is 2.83. The normalized spacial score (nSPS) is 12.6. The molecule has 0 aliphatic heterocycles. The Morgan fingerprint density at radius 3 is 2.56 bits per heavy atom. The van der Waals surface area contributed by atoms with Gasteiger partial charge in [0.15, 0.2) is 4.67 Å². The highest BCUT2D eigenvalue weighted by molar-refractivity contribution is 9.10. The van der Waals surface area contributed by atoms with Gasteiger partial charge in [-0.25, -0.2) is 0 Å². The van der Waals surface area contributed by atoms with Crippen molar-refractivity contribution < 1.29 is 14.3 Å². The molecule has 0 fully saturated rings. The number of aliphatic hydroxyl groups is 1. The predicted molar refractivity (Wildman–Crippen MR) is 72.5 cm³/mol. The van der Waals surface area contributed by atoms with E-state index < -0.39 is 6.10 Å². The fourth-order valence-electron chi connectivity index (χ4n) is 1.77. The summed E-state index contributed by atoms with van der Waals surface area (Å²) in [5, 5.41) is 10.2. The van der Waals surface area contributed by atoms with Crippen molar-refractivity contribution in [2.75, 3.05) is 13.7 Å². The van der Waals surface area contributed by atoms with Gasteiger partial charge in [0.1, 0.15) is 6.10 Å². The van der Waals surface area contributed by atoms with Crippen molar-refractivity contribution in [1.29, 1.82) is 0 Å². The van der Waals surface area contributed by atoms with Crippen LogP contribution in [-0.4, -0.2) is 18.8 Å². The van der Waals surface area contributed by atoms with E-state index in [0.29, 0.717) is 11.3 Å². The topological polar surface area (TPSA) is 42.6 Å². The van der Waals surface area contributed by atoms with E-state index in [2.05, 4.69) is 15.9 Å². The molecule has 2 rings (SSSR count). The van der Waals surface area contributed by atoms with Gasteiger partial charge in [0.2, 0.25) is 0 Å². The van der Waals surface area contributed by atoms with Crippen LogP contribution in [0.25, 0.3) is 0 Å². The lowest BCUT2D eigenvalue weighted by Crippen LogP contribution is -2.00. The Balaban J connectivity index is 2.12.